The van der Waals surface area contributed by atoms with Crippen LogP contribution in [0.3, 0.4) is 0 Å². The second-order valence-corrected chi connectivity index (χ2v) is 3.95. The van der Waals surface area contributed by atoms with Gasteiger partial charge in [-0.2, -0.15) is 0 Å². The summed E-state index contributed by atoms with van der Waals surface area (Å²) in [6, 6.07) is 9.63. The Morgan fingerprint density at radius 2 is 2.00 bits per heavy atom. The first-order chi connectivity index (χ1) is 7.59. The van der Waals surface area contributed by atoms with Crippen molar-refractivity contribution < 1.29 is 4.79 Å². The Morgan fingerprint density at radius 3 is 2.69 bits per heavy atom. The number of fused-ring (bicyclic) bond motifs is 1. The molecule has 16 heavy (non-hydrogen) atoms. The molecule has 0 radical (unpaired) electrons. The number of rotatable bonds is 2. The number of carbonyl (C=O) groups is 1. The zero-order valence-electron chi connectivity index (χ0n) is 9.45. The van der Waals surface area contributed by atoms with Crippen molar-refractivity contribution in [2.75, 3.05) is 0 Å². The first kappa shape index (κ1) is 10.6. The van der Waals surface area contributed by atoms with Crippen molar-refractivity contribution in [1.82, 2.24) is 4.98 Å². The van der Waals surface area contributed by atoms with Gasteiger partial charge in [-0.15, -0.1) is 0 Å². The van der Waals surface area contributed by atoms with Gasteiger partial charge in [0, 0.05) is 5.39 Å². The summed E-state index contributed by atoms with van der Waals surface area (Å²) in [5, 5.41) is 1.08. The van der Waals surface area contributed by atoms with Crippen LogP contribution in [-0.4, -0.2) is 10.8 Å². The minimum Gasteiger partial charge on any atom is -0.287 e. The van der Waals surface area contributed by atoms with E-state index in [1.807, 2.05) is 37.3 Å². The number of carbonyl (C=O) groups excluding carboxylic acids is 1. The standard InChI is InChI=1S/C14H13NO/c1-9(2)14(16)13-8-10(3)11-6-4-5-7-12(11)15-13/h4-8H,1H2,2-3H3. The number of allylic oxidation sites excluding steroid dienone is 1. The quantitative estimate of drug-likeness (QED) is 0.563. The van der Waals surface area contributed by atoms with Gasteiger partial charge in [0.15, 0.2) is 0 Å². The SMILES string of the molecule is C=C(C)C(=O)c1cc(C)c2ccccc2n1. The van der Waals surface area contributed by atoms with E-state index in [0.29, 0.717) is 11.3 Å². The lowest BCUT2D eigenvalue weighted by Gasteiger charge is -2.05. The van der Waals surface area contributed by atoms with Gasteiger partial charge in [0.2, 0.25) is 5.78 Å². The number of para-hydroxylation sites is 1. The molecule has 0 aliphatic rings. The van der Waals surface area contributed by atoms with E-state index in [2.05, 4.69) is 11.6 Å². The van der Waals surface area contributed by atoms with Gasteiger partial charge in [-0.25, -0.2) is 4.98 Å². The van der Waals surface area contributed by atoms with Crippen molar-refractivity contribution in [1.29, 1.82) is 0 Å². The predicted molar refractivity (Wildman–Crippen MR) is 65.6 cm³/mol. The molecule has 80 valence electrons. The molecular weight excluding hydrogens is 198 g/mol. The highest BCUT2D eigenvalue weighted by Crippen LogP contribution is 2.18. The molecule has 0 saturated carbocycles. The van der Waals surface area contributed by atoms with Gasteiger partial charge >= 0.3 is 0 Å². The lowest BCUT2D eigenvalue weighted by atomic mass is 10.1. The molecule has 0 atom stereocenters. The van der Waals surface area contributed by atoms with Gasteiger partial charge in [-0.1, -0.05) is 24.8 Å². The molecule has 0 N–H and O–H groups in total. The van der Waals surface area contributed by atoms with Gasteiger partial charge < -0.3 is 0 Å². The number of ketones is 1. The fraction of sp³-hybridized carbons (Fsp3) is 0.143. The molecule has 0 saturated heterocycles. The molecule has 2 heteroatoms. The van der Waals surface area contributed by atoms with Crippen LogP contribution in [0.5, 0.6) is 0 Å². The van der Waals surface area contributed by atoms with Gasteiger partial charge in [0.1, 0.15) is 5.69 Å². The van der Waals surface area contributed by atoms with Gasteiger partial charge in [0.05, 0.1) is 5.52 Å². The van der Waals surface area contributed by atoms with Gasteiger partial charge in [-0.3, -0.25) is 4.79 Å². The largest absolute Gasteiger partial charge is 0.287 e. The minimum atomic E-state index is -0.0890. The summed E-state index contributed by atoms with van der Waals surface area (Å²) in [4.78, 5) is 16.1. The number of hydrogen-bond donors (Lipinski definition) is 0. The van der Waals surface area contributed by atoms with Crippen LogP contribution in [0.4, 0.5) is 0 Å². The molecule has 1 heterocycles. The number of Topliss-reactive ketones (excluding diaryl/α,β-unsaturated/α-hetero) is 1. The molecule has 2 rings (SSSR count). The third-order valence-corrected chi connectivity index (χ3v) is 2.54. The lowest BCUT2D eigenvalue weighted by Crippen LogP contribution is -2.03. The Kier molecular flexibility index (Phi) is 2.57. The zero-order valence-corrected chi connectivity index (χ0v) is 9.45. The van der Waals surface area contributed by atoms with Crippen LogP contribution in [-0.2, 0) is 0 Å². The molecule has 1 aromatic carbocycles. The smallest absolute Gasteiger partial charge is 0.206 e. The van der Waals surface area contributed by atoms with Crippen molar-refractivity contribution in [3.8, 4) is 0 Å². The summed E-state index contributed by atoms with van der Waals surface area (Å²) in [7, 11) is 0. The van der Waals surface area contributed by atoms with Crippen LogP contribution in [0.1, 0.15) is 23.0 Å². The Morgan fingerprint density at radius 1 is 1.31 bits per heavy atom. The highest BCUT2D eigenvalue weighted by Gasteiger charge is 2.10. The maximum atomic E-state index is 11.8. The van der Waals surface area contributed by atoms with Crippen LogP contribution in [0.2, 0.25) is 0 Å². The monoisotopic (exact) mass is 211 g/mol. The molecular formula is C14H13NO. The predicted octanol–water partition coefficient (Wildman–Crippen LogP) is 3.30. The van der Waals surface area contributed by atoms with E-state index >= 15 is 0 Å². The van der Waals surface area contributed by atoms with E-state index in [-0.39, 0.29) is 5.78 Å². The highest BCUT2D eigenvalue weighted by atomic mass is 16.1. The average Bonchev–Trinajstić information content (AvgIpc) is 2.28. The summed E-state index contributed by atoms with van der Waals surface area (Å²) in [5.74, 6) is -0.0890. The highest BCUT2D eigenvalue weighted by molar-refractivity contribution is 6.07. The van der Waals surface area contributed by atoms with E-state index in [4.69, 9.17) is 0 Å². The van der Waals surface area contributed by atoms with Gasteiger partial charge in [-0.05, 0) is 37.1 Å². The van der Waals surface area contributed by atoms with Crippen molar-refractivity contribution in [2.24, 2.45) is 0 Å². The molecule has 1 aromatic heterocycles. The number of pyridine rings is 1. The fourth-order valence-electron chi connectivity index (χ4n) is 1.68. The average molecular weight is 211 g/mol. The van der Waals surface area contributed by atoms with E-state index < -0.39 is 0 Å². The molecule has 0 fully saturated rings. The Balaban J connectivity index is 2.67. The molecule has 0 bridgehead atoms. The van der Waals surface area contributed by atoms with E-state index in [1.165, 1.54) is 0 Å². The summed E-state index contributed by atoms with van der Waals surface area (Å²) in [5.41, 5.74) is 2.91. The fourth-order valence-corrected chi connectivity index (χ4v) is 1.68. The van der Waals surface area contributed by atoms with Crippen LogP contribution in [0.15, 0.2) is 42.5 Å². The van der Waals surface area contributed by atoms with Crippen molar-refractivity contribution in [2.45, 2.75) is 13.8 Å². The zero-order chi connectivity index (χ0) is 11.7. The lowest BCUT2D eigenvalue weighted by molar-refractivity contribution is 0.103. The van der Waals surface area contributed by atoms with Crippen molar-refractivity contribution >= 4 is 16.7 Å². The topological polar surface area (TPSA) is 30.0 Å². The van der Waals surface area contributed by atoms with Crippen LogP contribution in [0.25, 0.3) is 10.9 Å². The summed E-state index contributed by atoms with van der Waals surface area (Å²) in [6.07, 6.45) is 0. The van der Waals surface area contributed by atoms with Crippen LogP contribution in [0, 0.1) is 6.92 Å². The van der Waals surface area contributed by atoms with E-state index in [0.717, 1.165) is 16.5 Å². The minimum absolute atomic E-state index is 0.0890. The Hall–Kier alpha value is -1.96. The number of aryl methyl sites for hydroxylation is 1. The van der Waals surface area contributed by atoms with Crippen LogP contribution >= 0.6 is 0 Å². The number of aromatic nitrogens is 1. The number of nitrogens with zero attached hydrogens (tertiary/aromatic N) is 1. The number of benzene rings is 1. The summed E-state index contributed by atoms with van der Waals surface area (Å²) < 4.78 is 0. The van der Waals surface area contributed by atoms with Gasteiger partial charge in [0.25, 0.3) is 0 Å². The summed E-state index contributed by atoms with van der Waals surface area (Å²) in [6.45, 7) is 7.34. The first-order valence-electron chi connectivity index (χ1n) is 5.16. The maximum Gasteiger partial charge on any atom is 0.206 e. The molecule has 0 amide bonds. The normalized spacial score (nSPS) is 10.4. The molecule has 2 nitrogen and oxygen atoms in total. The molecule has 0 unspecified atom stereocenters. The molecule has 0 spiro atoms. The second kappa shape index (κ2) is 3.89. The van der Waals surface area contributed by atoms with Crippen molar-refractivity contribution in [3.05, 3.63) is 53.7 Å². The number of hydrogen-bond acceptors (Lipinski definition) is 2. The Labute approximate surface area is 94.6 Å². The van der Waals surface area contributed by atoms with E-state index in [9.17, 15) is 4.79 Å². The third kappa shape index (κ3) is 1.74. The van der Waals surface area contributed by atoms with Crippen LogP contribution < -0.4 is 0 Å². The van der Waals surface area contributed by atoms with E-state index in [1.54, 1.807) is 6.92 Å². The second-order valence-electron chi connectivity index (χ2n) is 3.95. The Bertz CT molecular complexity index is 584. The third-order valence-electron chi connectivity index (χ3n) is 2.54. The van der Waals surface area contributed by atoms with Crippen molar-refractivity contribution in [3.63, 3.8) is 0 Å². The summed E-state index contributed by atoms with van der Waals surface area (Å²) >= 11 is 0. The first-order valence-corrected chi connectivity index (χ1v) is 5.16. The molecule has 0 aliphatic carbocycles. The molecule has 0 aliphatic heterocycles. The maximum absolute atomic E-state index is 11.8. The molecule has 2 aromatic rings.